The summed E-state index contributed by atoms with van der Waals surface area (Å²) in [5.41, 5.74) is 10.5. The third kappa shape index (κ3) is 2.34. The molecule has 2 atom stereocenters. The molecule has 2 N–H and O–H groups in total. The first-order valence-electron chi connectivity index (χ1n) is 7.36. The summed E-state index contributed by atoms with van der Waals surface area (Å²) in [6, 6.07) is 15.9. The van der Waals surface area contributed by atoms with E-state index in [0.717, 1.165) is 23.2 Å². The molecule has 1 aliphatic heterocycles. The first-order valence-corrected chi connectivity index (χ1v) is 7.36. The van der Waals surface area contributed by atoms with Gasteiger partial charge in [-0.1, -0.05) is 43.3 Å². The number of benzene rings is 2. The van der Waals surface area contributed by atoms with Gasteiger partial charge in [0, 0.05) is 5.69 Å². The molecule has 1 aliphatic rings. The van der Waals surface area contributed by atoms with Crippen molar-refractivity contribution in [2.75, 3.05) is 4.90 Å². The molecule has 3 heteroatoms. The molecule has 0 aromatic heterocycles. The van der Waals surface area contributed by atoms with Crippen LogP contribution in [0.2, 0.25) is 0 Å². The highest BCUT2D eigenvalue weighted by molar-refractivity contribution is 6.05. The van der Waals surface area contributed by atoms with Crippen molar-refractivity contribution in [3.63, 3.8) is 0 Å². The molecule has 21 heavy (non-hydrogen) atoms. The molecule has 2 aromatic carbocycles. The minimum absolute atomic E-state index is 0.00910. The average Bonchev–Trinajstić information content (AvgIpc) is 2.51. The number of nitrogens with two attached hydrogens (primary N) is 1. The van der Waals surface area contributed by atoms with Crippen LogP contribution in [0, 0.1) is 6.92 Å². The Kier molecular flexibility index (Phi) is 3.52. The van der Waals surface area contributed by atoms with E-state index in [1.54, 1.807) is 4.90 Å². The summed E-state index contributed by atoms with van der Waals surface area (Å²) in [6.07, 6.45) is 1.01. The Balaban J connectivity index is 1.94. The summed E-state index contributed by atoms with van der Waals surface area (Å²) in [4.78, 5) is 14.0. The maximum atomic E-state index is 12.2. The predicted molar refractivity (Wildman–Crippen MR) is 85.2 cm³/mol. The van der Waals surface area contributed by atoms with Crippen LogP contribution in [0.3, 0.4) is 0 Å². The van der Waals surface area contributed by atoms with E-state index in [4.69, 9.17) is 5.73 Å². The predicted octanol–water partition coefficient (Wildman–Crippen LogP) is 2.97. The van der Waals surface area contributed by atoms with Crippen LogP contribution in [0.5, 0.6) is 0 Å². The van der Waals surface area contributed by atoms with Gasteiger partial charge in [0.2, 0.25) is 5.91 Å². The molecule has 0 bridgehead atoms. The third-order valence-corrected chi connectivity index (χ3v) is 4.15. The molecule has 0 unspecified atom stereocenters. The standard InChI is InChI=1S/C18H20N2O/c1-3-13-7-9-14(10-8-13)17-16(19)18(21)20(17)15-6-4-5-12(2)11-15/h4-11,16-17H,3,19H2,1-2H3/t16-,17+/m1/s1. The summed E-state index contributed by atoms with van der Waals surface area (Å²) in [5.74, 6) is -0.00910. The fourth-order valence-corrected chi connectivity index (χ4v) is 2.88. The monoisotopic (exact) mass is 280 g/mol. The van der Waals surface area contributed by atoms with Crippen LogP contribution in [0.25, 0.3) is 0 Å². The van der Waals surface area contributed by atoms with Crippen LogP contribution in [0.4, 0.5) is 5.69 Å². The number of carbonyl (C=O) groups is 1. The van der Waals surface area contributed by atoms with Gasteiger partial charge in [-0.15, -0.1) is 0 Å². The van der Waals surface area contributed by atoms with Crippen LogP contribution >= 0.6 is 0 Å². The molecule has 108 valence electrons. The summed E-state index contributed by atoms with van der Waals surface area (Å²) < 4.78 is 0. The zero-order valence-corrected chi connectivity index (χ0v) is 12.4. The molecular formula is C18H20N2O. The number of hydrogen-bond donors (Lipinski definition) is 1. The Bertz CT molecular complexity index is 663. The molecule has 0 saturated carbocycles. The zero-order chi connectivity index (χ0) is 15.0. The molecule has 3 rings (SSSR count). The van der Waals surface area contributed by atoms with Gasteiger partial charge in [-0.2, -0.15) is 0 Å². The fourth-order valence-electron chi connectivity index (χ4n) is 2.88. The average molecular weight is 280 g/mol. The third-order valence-electron chi connectivity index (χ3n) is 4.15. The van der Waals surface area contributed by atoms with E-state index in [1.165, 1.54) is 5.56 Å². The van der Waals surface area contributed by atoms with E-state index >= 15 is 0 Å². The van der Waals surface area contributed by atoms with Crippen LogP contribution in [0.15, 0.2) is 48.5 Å². The Hall–Kier alpha value is -2.13. The molecule has 0 aliphatic carbocycles. The van der Waals surface area contributed by atoms with E-state index in [9.17, 15) is 4.79 Å². The van der Waals surface area contributed by atoms with Crippen molar-refractivity contribution in [3.05, 3.63) is 65.2 Å². The Morgan fingerprint density at radius 1 is 1.14 bits per heavy atom. The van der Waals surface area contributed by atoms with Crippen molar-refractivity contribution < 1.29 is 4.79 Å². The molecule has 0 spiro atoms. The second-order valence-electron chi connectivity index (χ2n) is 5.61. The topological polar surface area (TPSA) is 46.3 Å². The van der Waals surface area contributed by atoms with Crippen molar-refractivity contribution in [2.45, 2.75) is 32.4 Å². The quantitative estimate of drug-likeness (QED) is 0.879. The Morgan fingerprint density at radius 3 is 2.48 bits per heavy atom. The Labute approximate surface area is 125 Å². The molecule has 1 fully saturated rings. The molecule has 3 nitrogen and oxygen atoms in total. The summed E-state index contributed by atoms with van der Waals surface area (Å²) in [7, 11) is 0. The summed E-state index contributed by atoms with van der Waals surface area (Å²) >= 11 is 0. The van der Waals surface area contributed by atoms with Gasteiger partial charge in [0.1, 0.15) is 6.04 Å². The van der Waals surface area contributed by atoms with Crippen molar-refractivity contribution in [1.82, 2.24) is 0 Å². The van der Waals surface area contributed by atoms with Crippen LogP contribution in [0.1, 0.15) is 29.7 Å². The number of anilines is 1. The first-order chi connectivity index (χ1) is 10.1. The molecule has 1 amide bonds. The molecular weight excluding hydrogens is 260 g/mol. The van der Waals surface area contributed by atoms with Gasteiger partial charge in [0.25, 0.3) is 0 Å². The summed E-state index contributed by atoms with van der Waals surface area (Å²) in [5, 5.41) is 0. The lowest BCUT2D eigenvalue weighted by atomic mass is 9.87. The SMILES string of the molecule is CCc1ccc([C@H]2[C@@H](N)C(=O)N2c2cccc(C)c2)cc1. The second kappa shape index (κ2) is 5.34. The molecule has 1 heterocycles. The number of aryl methyl sites for hydroxylation is 2. The van der Waals surface area contributed by atoms with E-state index in [0.29, 0.717) is 0 Å². The highest BCUT2D eigenvalue weighted by Gasteiger charge is 2.46. The van der Waals surface area contributed by atoms with Gasteiger partial charge in [-0.25, -0.2) is 0 Å². The molecule has 0 radical (unpaired) electrons. The van der Waals surface area contributed by atoms with E-state index in [1.807, 2.05) is 31.2 Å². The van der Waals surface area contributed by atoms with Gasteiger partial charge >= 0.3 is 0 Å². The first kappa shape index (κ1) is 13.8. The Morgan fingerprint density at radius 2 is 1.86 bits per heavy atom. The lowest BCUT2D eigenvalue weighted by Gasteiger charge is -2.45. The van der Waals surface area contributed by atoms with Crippen LogP contribution in [-0.4, -0.2) is 11.9 Å². The maximum Gasteiger partial charge on any atom is 0.247 e. The molecule has 2 aromatic rings. The van der Waals surface area contributed by atoms with E-state index in [-0.39, 0.29) is 11.9 Å². The van der Waals surface area contributed by atoms with Gasteiger partial charge in [0.05, 0.1) is 6.04 Å². The summed E-state index contributed by atoms with van der Waals surface area (Å²) in [6.45, 7) is 4.16. The largest absolute Gasteiger partial charge is 0.318 e. The number of carbonyl (C=O) groups excluding carboxylic acids is 1. The number of hydrogen-bond acceptors (Lipinski definition) is 2. The van der Waals surface area contributed by atoms with Crippen molar-refractivity contribution in [3.8, 4) is 0 Å². The van der Waals surface area contributed by atoms with Crippen LogP contribution < -0.4 is 10.6 Å². The van der Waals surface area contributed by atoms with Gasteiger partial charge in [0.15, 0.2) is 0 Å². The fraction of sp³-hybridized carbons (Fsp3) is 0.278. The van der Waals surface area contributed by atoms with E-state index in [2.05, 4.69) is 31.2 Å². The lowest BCUT2D eigenvalue weighted by Crippen LogP contribution is -2.63. The second-order valence-corrected chi connectivity index (χ2v) is 5.61. The van der Waals surface area contributed by atoms with Gasteiger partial charge < -0.3 is 10.6 Å². The van der Waals surface area contributed by atoms with Gasteiger partial charge in [-0.05, 0) is 42.2 Å². The highest BCUT2D eigenvalue weighted by atomic mass is 16.2. The lowest BCUT2D eigenvalue weighted by molar-refractivity contribution is -0.126. The van der Waals surface area contributed by atoms with E-state index < -0.39 is 6.04 Å². The maximum absolute atomic E-state index is 12.2. The number of β-lactam (4-membered cyclic amide) rings is 1. The van der Waals surface area contributed by atoms with Crippen molar-refractivity contribution >= 4 is 11.6 Å². The highest BCUT2D eigenvalue weighted by Crippen LogP contribution is 2.38. The number of amides is 1. The smallest absolute Gasteiger partial charge is 0.247 e. The number of nitrogens with zero attached hydrogens (tertiary/aromatic N) is 1. The number of rotatable bonds is 3. The van der Waals surface area contributed by atoms with Crippen molar-refractivity contribution in [2.24, 2.45) is 5.73 Å². The molecule has 1 saturated heterocycles. The van der Waals surface area contributed by atoms with Gasteiger partial charge in [-0.3, -0.25) is 4.79 Å². The normalized spacial score (nSPS) is 21.3. The minimum atomic E-state index is -0.446. The van der Waals surface area contributed by atoms with Crippen LogP contribution in [-0.2, 0) is 11.2 Å². The minimum Gasteiger partial charge on any atom is -0.318 e. The zero-order valence-electron chi connectivity index (χ0n) is 12.4. The van der Waals surface area contributed by atoms with Crippen molar-refractivity contribution in [1.29, 1.82) is 0 Å².